The van der Waals surface area contributed by atoms with Crippen molar-refractivity contribution in [3.63, 3.8) is 0 Å². The van der Waals surface area contributed by atoms with Gasteiger partial charge in [-0.3, -0.25) is 4.79 Å². The molecule has 1 aromatic carbocycles. The van der Waals surface area contributed by atoms with Crippen LogP contribution in [0.3, 0.4) is 0 Å². The predicted molar refractivity (Wildman–Crippen MR) is 101 cm³/mol. The lowest BCUT2D eigenvalue weighted by Crippen LogP contribution is -2.48. The minimum absolute atomic E-state index is 0. The molecule has 1 aliphatic carbocycles. The van der Waals surface area contributed by atoms with Crippen LogP contribution in [0.25, 0.3) is 5.69 Å². The molecule has 1 aliphatic heterocycles. The zero-order chi connectivity index (χ0) is 16.5. The number of fused-ring (bicyclic) bond motifs is 1. The van der Waals surface area contributed by atoms with Crippen LogP contribution in [0.15, 0.2) is 30.3 Å². The average Bonchev–Trinajstić information content (AvgIpc) is 3.20. The van der Waals surface area contributed by atoms with E-state index in [0.717, 1.165) is 50.0 Å². The van der Waals surface area contributed by atoms with Gasteiger partial charge in [-0.2, -0.15) is 5.10 Å². The summed E-state index contributed by atoms with van der Waals surface area (Å²) >= 11 is 0. The summed E-state index contributed by atoms with van der Waals surface area (Å²) in [4.78, 5) is 12.9. The number of aromatic nitrogens is 2. The Morgan fingerprint density at radius 2 is 2.08 bits per heavy atom. The number of nitrogens with one attached hydrogen (secondary N) is 2. The largest absolute Gasteiger partial charge is 0.348 e. The van der Waals surface area contributed by atoms with Gasteiger partial charge in [-0.25, -0.2) is 4.68 Å². The van der Waals surface area contributed by atoms with Gasteiger partial charge < -0.3 is 10.6 Å². The van der Waals surface area contributed by atoms with E-state index >= 15 is 0 Å². The molecule has 0 saturated carbocycles. The summed E-state index contributed by atoms with van der Waals surface area (Å²) < 4.78 is 1.96. The summed E-state index contributed by atoms with van der Waals surface area (Å²) in [5, 5.41) is 11.3. The number of piperidine rings is 1. The fraction of sp³-hybridized carbons (Fsp3) is 0.474. The number of benzene rings is 1. The first-order valence-electron chi connectivity index (χ1n) is 8.92. The van der Waals surface area contributed by atoms with Gasteiger partial charge in [-0.15, -0.1) is 12.4 Å². The van der Waals surface area contributed by atoms with Gasteiger partial charge in [0.15, 0.2) is 5.69 Å². The molecule has 1 fully saturated rings. The van der Waals surface area contributed by atoms with Crippen molar-refractivity contribution in [2.75, 3.05) is 13.1 Å². The number of carbonyl (C=O) groups is 1. The molecule has 25 heavy (non-hydrogen) atoms. The SMILES string of the molecule is CC1CNCCC1NC(=O)c1nn(-c2ccccc2)c2c1CCC2.Cl. The zero-order valence-electron chi connectivity index (χ0n) is 14.5. The molecule has 1 aromatic heterocycles. The number of hydrogen-bond acceptors (Lipinski definition) is 3. The summed E-state index contributed by atoms with van der Waals surface area (Å²) in [7, 11) is 0. The van der Waals surface area contributed by atoms with Crippen molar-refractivity contribution in [1.82, 2.24) is 20.4 Å². The van der Waals surface area contributed by atoms with E-state index in [1.165, 1.54) is 5.69 Å². The maximum Gasteiger partial charge on any atom is 0.272 e. The number of halogens is 1. The van der Waals surface area contributed by atoms with E-state index in [4.69, 9.17) is 0 Å². The van der Waals surface area contributed by atoms with Crippen LogP contribution in [0, 0.1) is 5.92 Å². The Morgan fingerprint density at radius 3 is 2.84 bits per heavy atom. The lowest BCUT2D eigenvalue weighted by Gasteiger charge is -2.30. The molecule has 1 amide bonds. The van der Waals surface area contributed by atoms with Crippen LogP contribution in [-0.2, 0) is 12.8 Å². The highest BCUT2D eigenvalue weighted by atomic mass is 35.5. The van der Waals surface area contributed by atoms with Gasteiger partial charge >= 0.3 is 0 Å². The molecule has 2 aromatic rings. The quantitative estimate of drug-likeness (QED) is 0.884. The van der Waals surface area contributed by atoms with Crippen LogP contribution >= 0.6 is 12.4 Å². The summed E-state index contributed by atoms with van der Waals surface area (Å²) in [6.45, 7) is 4.11. The van der Waals surface area contributed by atoms with Crippen LogP contribution in [0.5, 0.6) is 0 Å². The Hall–Kier alpha value is -1.85. The first-order valence-corrected chi connectivity index (χ1v) is 8.92. The number of amides is 1. The van der Waals surface area contributed by atoms with Gasteiger partial charge in [-0.05, 0) is 56.8 Å². The number of rotatable bonds is 3. The van der Waals surface area contributed by atoms with Crippen LogP contribution in [-0.4, -0.2) is 34.8 Å². The molecular weight excluding hydrogens is 336 g/mol. The summed E-state index contributed by atoms with van der Waals surface area (Å²) in [5.41, 5.74) is 3.99. The highest BCUT2D eigenvalue weighted by molar-refractivity contribution is 5.94. The minimum Gasteiger partial charge on any atom is -0.348 e. The Kier molecular flexibility index (Phi) is 5.45. The molecule has 2 heterocycles. The topological polar surface area (TPSA) is 58.9 Å². The molecule has 6 heteroatoms. The van der Waals surface area contributed by atoms with Crippen molar-refractivity contribution in [3.05, 3.63) is 47.3 Å². The van der Waals surface area contributed by atoms with E-state index in [2.05, 4.69) is 22.7 Å². The third-order valence-electron chi connectivity index (χ3n) is 5.25. The normalized spacial score (nSPS) is 22.1. The Balaban J connectivity index is 0.00000182. The summed E-state index contributed by atoms with van der Waals surface area (Å²) in [6, 6.07) is 10.3. The zero-order valence-corrected chi connectivity index (χ0v) is 15.3. The standard InChI is InChI=1S/C19H24N4O.ClH/c1-13-12-20-11-10-16(13)21-19(24)18-15-8-5-9-17(15)23(22-18)14-6-3-2-4-7-14;/h2-4,6-7,13,16,20H,5,8-12H2,1H3,(H,21,24);1H. The molecule has 2 N–H and O–H groups in total. The van der Waals surface area contributed by atoms with Gasteiger partial charge in [0, 0.05) is 17.3 Å². The second-order valence-electron chi connectivity index (χ2n) is 6.92. The van der Waals surface area contributed by atoms with Gasteiger partial charge in [0.1, 0.15) is 0 Å². The molecule has 4 rings (SSSR count). The van der Waals surface area contributed by atoms with E-state index in [-0.39, 0.29) is 24.4 Å². The molecule has 134 valence electrons. The maximum atomic E-state index is 12.9. The van der Waals surface area contributed by atoms with E-state index < -0.39 is 0 Å². The first kappa shape index (κ1) is 18.0. The van der Waals surface area contributed by atoms with E-state index in [1.807, 2.05) is 35.0 Å². The molecular formula is C19H25ClN4O. The molecule has 2 atom stereocenters. The lowest BCUT2D eigenvalue weighted by atomic mass is 9.95. The van der Waals surface area contributed by atoms with Gasteiger partial charge in [-0.1, -0.05) is 25.1 Å². The number of hydrogen-bond donors (Lipinski definition) is 2. The molecule has 5 nitrogen and oxygen atoms in total. The molecule has 0 radical (unpaired) electrons. The minimum atomic E-state index is -0.0124. The van der Waals surface area contributed by atoms with Gasteiger partial charge in [0.2, 0.25) is 0 Å². The second kappa shape index (κ2) is 7.58. The lowest BCUT2D eigenvalue weighted by molar-refractivity contribution is 0.0907. The predicted octanol–water partition coefficient (Wildman–Crippen LogP) is 2.51. The number of para-hydroxylation sites is 1. The van der Waals surface area contributed by atoms with Crippen molar-refractivity contribution in [3.8, 4) is 5.69 Å². The fourth-order valence-electron chi connectivity index (χ4n) is 3.87. The van der Waals surface area contributed by atoms with Crippen LogP contribution in [0.2, 0.25) is 0 Å². The molecule has 2 unspecified atom stereocenters. The second-order valence-corrected chi connectivity index (χ2v) is 6.92. The van der Waals surface area contributed by atoms with E-state index in [1.54, 1.807) is 0 Å². The molecule has 1 saturated heterocycles. The summed E-state index contributed by atoms with van der Waals surface area (Å²) in [6.07, 6.45) is 4.03. The van der Waals surface area contributed by atoms with Crippen molar-refractivity contribution in [1.29, 1.82) is 0 Å². The molecule has 2 aliphatic rings. The van der Waals surface area contributed by atoms with Crippen molar-refractivity contribution in [2.24, 2.45) is 5.92 Å². The molecule has 0 bridgehead atoms. The Labute approximate surface area is 154 Å². The van der Waals surface area contributed by atoms with Crippen molar-refractivity contribution >= 4 is 18.3 Å². The third kappa shape index (κ3) is 3.44. The van der Waals surface area contributed by atoms with Crippen LogP contribution < -0.4 is 10.6 Å². The Bertz CT molecular complexity index is 743. The monoisotopic (exact) mass is 360 g/mol. The third-order valence-corrected chi connectivity index (χ3v) is 5.25. The first-order chi connectivity index (χ1) is 11.7. The Morgan fingerprint density at radius 1 is 1.28 bits per heavy atom. The maximum absolute atomic E-state index is 12.9. The fourth-order valence-corrected chi connectivity index (χ4v) is 3.87. The van der Waals surface area contributed by atoms with Crippen molar-refractivity contribution < 1.29 is 4.79 Å². The van der Waals surface area contributed by atoms with Crippen LogP contribution in [0.4, 0.5) is 0 Å². The van der Waals surface area contributed by atoms with Crippen molar-refractivity contribution in [2.45, 2.75) is 38.6 Å². The summed E-state index contributed by atoms with van der Waals surface area (Å²) in [5.74, 6) is 0.438. The number of carbonyl (C=O) groups excluding carboxylic acids is 1. The number of nitrogens with zero attached hydrogens (tertiary/aromatic N) is 2. The van der Waals surface area contributed by atoms with Gasteiger partial charge in [0.05, 0.1) is 5.69 Å². The smallest absolute Gasteiger partial charge is 0.272 e. The molecule has 0 spiro atoms. The average molecular weight is 361 g/mol. The van der Waals surface area contributed by atoms with E-state index in [0.29, 0.717) is 11.6 Å². The van der Waals surface area contributed by atoms with E-state index in [9.17, 15) is 4.79 Å². The highest BCUT2D eigenvalue weighted by Crippen LogP contribution is 2.28. The van der Waals surface area contributed by atoms with Gasteiger partial charge in [0.25, 0.3) is 5.91 Å². The van der Waals surface area contributed by atoms with Crippen LogP contribution in [0.1, 0.15) is 41.5 Å². The highest BCUT2D eigenvalue weighted by Gasteiger charge is 2.29.